The molecule has 4 heteroatoms. The average Bonchev–Trinajstić information content (AvgIpc) is 2.46. The normalized spacial score (nSPS) is 11.1. The molecule has 0 heterocycles. The van der Waals surface area contributed by atoms with Gasteiger partial charge in [-0.1, -0.05) is 57.1 Å². The molecule has 0 aromatic rings. The van der Waals surface area contributed by atoms with Crippen LogP contribution in [-0.2, 0) is 9.59 Å². The summed E-state index contributed by atoms with van der Waals surface area (Å²) in [6.07, 6.45) is 18.1. The van der Waals surface area contributed by atoms with Gasteiger partial charge in [-0.3, -0.25) is 9.59 Å². The summed E-state index contributed by atoms with van der Waals surface area (Å²) in [5, 5.41) is 17.0. The van der Waals surface area contributed by atoms with Gasteiger partial charge in [-0.05, 0) is 32.1 Å². The lowest BCUT2D eigenvalue weighted by Gasteiger charge is -2.01. The fraction of sp³-hybridized carbons (Fsp3) is 0.778. The Morgan fingerprint density at radius 1 is 0.545 bits per heavy atom. The number of rotatable bonds is 16. The van der Waals surface area contributed by atoms with Gasteiger partial charge in [0.25, 0.3) is 0 Å². The van der Waals surface area contributed by atoms with E-state index >= 15 is 0 Å². The van der Waals surface area contributed by atoms with Crippen LogP contribution in [0.4, 0.5) is 0 Å². The minimum atomic E-state index is -0.713. The minimum Gasteiger partial charge on any atom is -0.481 e. The Morgan fingerprint density at radius 2 is 0.909 bits per heavy atom. The van der Waals surface area contributed by atoms with Crippen LogP contribution in [0.3, 0.4) is 0 Å². The van der Waals surface area contributed by atoms with E-state index < -0.39 is 11.9 Å². The lowest BCUT2D eigenvalue weighted by Crippen LogP contribution is -1.93. The molecule has 0 spiro atoms. The van der Waals surface area contributed by atoms with Crippen molar-refractivity contribution in [2.75, 3.05) is 0 Å². The van der Waals surface area contributed by atoms with Crippen LogP contribution in [0.25, 0.3) is 0 Å². The highest BCUT2D eigenvalue weighted by Crippen LogP contribution is 2.11. The van der Waals surface area contributed by atoms with E-state index in [1.807, 2.05) is 0 Å². The Balaban J connectivity index is 3.09. The summed E-state index contributed by atoms with van der Waals surface area (Å²) < 4.78 is 0. The highest BCUT2D eigenvalue weighted by molar-refractivity contribution is 5.66. The van der Waals surface area contributed by atoms with Gasteiger partial charge < -0.3 is 10.2 Å². The molecule has 2 N–H and O–H groups in total. The Morgan fingerprint density at radius 3 is 1.41 bits per heavy atom. The molecule has 0 amide bonds. The number of unbranched alkanes of at least 4 members (excludes halogenated alkanes) is 10. The van der Waals surface area contributed by atoms with Crippen molar-refractivity contribution in [1.82, 2.24) is 0 Å². The molecule has 0 bridgehead atoms. The molecule has 0 rings (SSSR count). The van der Waals surface area contributed by atoms with E-state index in [2.05, 4.69) is 12.2 Å². The zero-order valence-corrected chi connectivity index (χ0v) is 13.8. The van der Waals surface area contributed by atoms with E-state index in [1.54, 1.807) is 0 Å². The van der Waals surface area contributed by atoms with Crippen molar-refractivity contribution >= 4 is 11.9 Å². The van der Waals surface area contributed by atoms with Gasteiger partial charge in [0, 0.05) is 12.8 Å². The van der Waals surface area contributed by atoms with Gasteiger partial charge in [0.05, 0.1) is 0 Å². The molecule has 0 aliphatic rings. The van der Waals surface area contributed by atoms with Crippen LogP contribution in [0.1, 0.15) is 89.9 Å². The summed E-state index contributed by atoms with van der Waals surface area (Å²) in [5.74, 6) is -1.40. The predicted molar refractivity (Wildman–Crippen MR) is 89.0 cm³/mol. The number of carbonyl (C=O) groups is 2. The maximum atomic E-state index is 10.3. The average molecular weight is 312 g/mol. The highest BCUT2D eigenvalue weighted by Gasteiger charge is 1.96. The first kappa shape index (κ1) is 20.7. The van der Waals surface area contributed by atoms with E-state index in [4.69, 9.17) is 10.2 Å². The quantitative estimate of drug-likeness (QED) is 0.304. The fourth-order valence-corrected chi connectivity index (χ4v) is 2.38. The largest absolute Gasteiger partial charge is 0.481 e. The molecule has 0 radical (unpaired) electrons. The monoisotopic (exact) mass is 312 g/mol. The zero-order chi connectivity index (χ0) is 16.5. The summed E-state index contributed by atoms with van der Waals surface area (Å²) in [5.41, 5.74) is 0. The molecular formula is C18H32O4. The smallest absolute Gasteiger partial charge is 0.303 e. The number of hydrogen-bond donors (Lipinski definition) is 2. The molecule has 0 atom stereocenters. The van der Waals surface area contributed by atoms with Crippen molar-refractivity contribution in [2.24, 2.45) is 0 Å². The lowest BCUT2D eigenvalue weighted by atomic mass is 10.1. The summed E-state index contributed by atoms with van der Waals surface area (Å²) >= 11 is 0. The number of hydrogen-bond acceptors (Lipinski definition) is 2. The Kier molecular flexibility index (Phi) is 15.1. The van der Waals surface area contributed by atoms with E-state index in [0.29, 0.717) is 6.42 Å². The summed E-state index contributed by atoms with van der Waals surface area (Å²) in [7, 11) is 0. The summed E-state index contributed by atoms with van der Waals surface area (Å²) in [4.78, 5) is 20.6. The van der Waals surface area contributed by atoms with Crippen LogP contribution < -0.4 is 0 Å². The van der Waals surface area contributed by atoms with E-state index in [0.717, 1.165) is 38.5 Å². The standard InChI is InChI=1S/C18H32O4/c19-17(20)15-13-11-9-7-5-3-1-2-4-6-8-10-12-14-16-18(21)22/h7,9H,1-6,8,10-16H2,(H,19,20)(H,21,22)/b9-7-. The van der Waals surface area contributed by atoms with Crippen molar-refractivity contribution in [1.29, 1.82) is 0 Å². The molecule has 0 saturated heterocycles. The number of allylic oxidation sites excluding steroid dienone is 2. The molecular weight excluding hydrogens is 280 g/mol. The molecule has 0 fully saturated rings. The van der Waals surface area contributed by atoms with Crippen molar-refractivity contribution in [2.45, 2.75) is 89.9 Å². The van der Waals surface area contributed by atoms with Crippen molar-refractivity contribution < 1.29 is 19.8 Å². The van der Waals surface area contributed by atoms with Crippen molar-refractivity contribution in [3.8, 4) is 0 Å². The first-order valence-corrected chi connectivity index (χ1v) is 8.71. The van der Waals surface area contributed by atoms with Gasteiger partial charge in [-0.2, -0.15) is 0 Å². The number of carboxylic acid groups (broad SMARTS) is 2. The van der Waals surface area contributed by atoms with Crippen LogP contribution in [0.15, 0.2) is 12.2 Å². The first-order chi connectivity index (χ1) is 10.6. The maximum absolute atomic E-state index is 10.3. The van der Waals surface area contributed by atoms with Gasteiger partial charge in [-0.25, -0.2) is 0 Å². The summed E-state index contributed by atoms with van der Waals surface area (Å²) in [6, 6.07) is 0. The topological polar surface area (TPSA) is 74.6 Å². The third-order valence-corrected chi connectivity index (χ3v) is 3.69. The third-order valence-electron chi connectivity index (χ3n) is 3.69. The molecule has 0 aromatic heterocycles. The molecule has 0 aliphatic heterocycles. The molecule has 0 aliphatic carbocycles. The molecule has 4 nitrogen and oxygen atoms in total. The second-order valence-corrected chi connectivity index (χ2v) is 5.87. The van der Waals surface area contributed by atoms with Gasteiger partial charge in [0.2, 0.25) is 0 Å². The lowest BCUT2D eigenvalue weighted by molar-refractivity contribution is -0.138. The van der Waals surface area contributed by atoms with Crippen molar-refractivity contribution in [3.63, 3.8) is 0 Å². The molecule has 128 valence electrons. The highest BCUT2D eigenvalue weighted by atomic mass is 16.4. The fourth-order valence-electron chi connectivity index (χ4n) is 2.38. The first-order valence-electron chi connectivity index (χ1n) is 8.71. The SMILES string of the molecule is O=C(O)CCC/C=C\CCCCCCCCCCCC(=O)O. The second-order valence-electron chi connectivity index (χ2n) is 5.87. The molecule has 0 saturated carbocycles. The van der Waals surface area contributed by atoms with Crippen LogP contribution in [-0.4, -0.2) is 22.2 Å². The van der Waals surface area contributed by atoms with E-state index in [9.17, 15) is 9.59 Å². The van der Waals surface area contributed by atoms with Gasteiger partial charge in [-0.15, -0.1) is 0 Å². The Hall–Kier alpha value is -1.32. The van der Waals surface area contributed by atoms with E-state index in [-0.39, 0.29) is 6.42 Å². The summed E-state index contributed by atoms with van der Waals surface area (Å²) in [6.45, 7) is 0. The second kappa shape index (κ2) is 16.1. The molecule has 0 aromatic carbocycles. The van der Waals surface area contributed by atoms with Gasteiger partial charge in [0.15, 0.2) is 0 Å². The minimum absolute atomic E-state index is 0.265. The zero-order valence-electron chi connectivity index (χ0n) is 13.8. The predicted octanol–water partition coefficient (Wildman–Crippen LogP) is 5.17. The van der Waals surface area contributed by atoms with Crippen LogP contribution in [0.2, 0.25) is 0 Å². The Bertz CT molecular complexity index is 310. The maximum Gasteiger partial charge on any atom is 0.303 e. The van der Waals surface area contributed by atoms with Gasteiger partial charge >= 0.3 is 11.9 Å². The van der Waals surface area contributed by atoms with Crippen LogP contribution in [0.5, 0.6) is 0 Å². The number of carboxylic acids is 2. The molecule has 22 heavy (non-hydrogen) atoms. The van der Waals surface area contributed by atoms with Crippen molar-refractivity contribution in [3.05, 3.63) is 12.2 Å². The molecule has 0 unspecified atom stereocenters. The Labute approximate surface area is 134 Å². The van der Waals surface area contributed by atoms with Crippen LogP contribution in [0, 0.1) is 0 Å². The van der Waals surface area contributed by atoms with E-state index in [1.165, 1.54) is 38.5 Å². The van der Waals surface area contributed by atoms with Crippen LogP contribution >= 0.6 is 0 Å². The number of aliphatic carboxylic acids is 2. The third kappa shape index (κ3) is 18.7. The van der Waals surface area contributed by atoms with Gasteiger partial charge in [0.1, 0.15) is 0 Å².